The van der Waals surface area contributed by atoms with Crippen LogP contribution in [-0.4, -0.2) is 56.2 Å². The van der Waals surface area contributed by atoms with E-state index in [-0.39, 0.29) is 11.7 Å². The average Bonchev–Trinajstić information content (AvgIpc) is 3.78. The number of aryl methyl sites for hydroxylation is 1. The molecule has 2 aliphatic heterocycles. The summed E-state index contributed by atoms with van der Waals surface area (Å²) in [5, 5.41) is 22.7. The van der Waals surface area contributed by atoms with E-state index in [1.165, 1.54) is 6.07 Å². The van der Waals surface area contributed by atoms with E-state index in [4.69, 9.17) is 4.98 Å². The number of carbonyl (C=O) groups is 1. The summed E-state index contributed by atoms with van der Waals surface area (Å²) in [6.07, 6.45) is 3.69. The molecule has 5 aromatic rings. The van der Waals surface area contributed by atoms with Crippen LogP contribution in [0.3, 0.4) is 0 Å². The van der Waals surface area contributed by atoms with E-state index in [0.29, 0.717) is 63.7 Å². The zero-order valence-electron chi connectivity index (χ0n) is 26.7. The fraction of sp³-hybridized carbons (Fsp3) is 0.324. The molecule has 3 aliphatic rings. The van der Waals surface area contributed by atoms with Crippen LogP contribution < -0.4 is 10.2 Å². The number of carbonyl (C=O) groups excluding carboxylic acids is 1. The van der Waals surface area contributed by atoms with E-state index in [1.54, 1.807) is 23.4 Å². The van der Waals surface area contributed by atoms with Crippen LogP contribution in [0.2, 0.25) is 0 Å². The van der Waals surface area contributed by atoms with Crippen molar-refractivity contribution in [1.82, 2.24) is 30.0 Å². The van der Waals surface area contributed by atoms with Crippen molar-refractivity contribution in [1.29, 1.82) is 5.26 Å². The van der Waals surface area contributed by atoms with Gasteiger partial charge in [0.1, 0.15) is 18.0 Å². The Bertz CT molecular complexity index is 2110. The minimum atomic E-state index is -0.339. The van der Waals surface area contributed by atoms with Gasteiger partial charge in [-0.25, -0.2) is 9.37 Å². The van der Waals surface area contributed by atoms with Gasteiger partial charge in [0.05, 0.1) is 22.9 Å². The Kier molecular flexibility index (Phi) is 7.12. The largest absolute Gasteiger partial charge is 0.317 e. The quantitative estimate of drug-likeness (QED) is 0.226. The Morgan fingerprint density at radius 3 is 2.66 bits per heavy atom. The first-order chi connectivity index (χ1) is 22.8. The SMILES string of the molecule is CC(C)[C@H]1CNCCN1Cc1cc2c3c(ccc(F)c3c1)N(c1cc(-c3ccc(C#N)cc3-c3nncn3C)cc(C3CC3)n1)C2=O. The lowest BCUT2D eigenvalue weighted by molar-refractivity contribution is 0.100. The van der Waals surface area contributed by atoms with Crippen molar-refractivity contribution in [2.75, 3.05) is 24.5 Å². The zero-order chi connectivity index (χ0) is 32.4. The lowest BCUT2D eigenvalue weighted by Crippen LogP contribution is -2.52. The highest BCUT2D eigenvalue weighted by Crippen LogP contribution is 2.46. The van der Waals surface area contributed by atoms with Crippen LogP contribution >= 0.6 is 0 Å². The molecular formula is C37H35FN8O. The fourth-order valence-corrected chi connectivity index (χ4v) is 7.22. The van der Waals surface area contributed by atoms with Crippen molar-refractivity contribution in [3.63, 3.8) is 0 Å². The summed E-state index contributed by atoms with van der Waals surface area (Å²) in [5.74, 6) is 1.34. The molecule has 8 rings (SSSR count). The lowest BCUT2D eigenvalue weighted by Gasteiger charge is -2.38. The molecule has 2 aromatic heterocycles. The number of piperazine rings is 1. The second-order valence-electron chi connectivity index (χ2n) is 13.3. The van der Waals surface area contributed by atoms with Crippen molar-refractivity contribution < 1.29 is 9.18 Å². The van der Waals surface area contributed by atoms with E-state index >= 15 is 4.39 Å². The van der Waals surface area contributed by atoms with Crippen molar-refractivity contribution in [2.24, 2.45) is 13.0 Å². The number of benzene rings is 3. The van der Waals surface area contributed by atoms with Crippen LogP contribution in [0.25, 0.3) is 33.3 Å². The summed E-state index contributed by atoms with van der Waals surface area (Å²) >= 11 is 0. The topological polar surface area (TPSA) is 103 Å². The predicted octanol–water partition coefficient (Wildman–Crippen LogP) is 6.31. The van der Waals surface area contributed by atoms with Crippen LogP contribution in [0.15, 0.2) is 60.9 Å². The summed E-state index contributed by atoms with van der Waals surface area (Å²) in [6, 6.07) is 19.1. The first kappa shape index (κ1) is 29.4. The van der Waals surface area contributed by atoms with Crippen molar-refractivity contribution in [3.05, 3.63) is 89.1 Å². The van der Waals surface area contributed by atoms with Crippen LogP contribution in [0.1, 0.15) is 59.8 Å². The van der Waals surface area contributed by atoms with Gasteiger partial charge < -0.3 is 9.88 Å². The highest BCUT2D eigenvalue weighted by molar-refractivity contribution is 6.27. The van der Waals surface area contributed by atoms with Crippen LogP contribution in [0.5, 0.6) is 0 Å². The summed E-state index contributed by atoms with van der Waals surface area (Å²) < 4.78 is 17.3. The summed E-state index contributed by atoms with van der Waals surface area (Å²) in [5.41, 5.74) is 5.97. The number of amides is 1. The van der Waals surface area contributed by atoms with Crippen molar-refractivity contribution in [3.8, 4) is 28.6 Å². The second kappa shape index (κ2) is 11.4. The molecule has 1 aliphatic carbocycles. The maximum atomic E-state index is 15.5. The number of anilines is 2. The van der Waals surface area contributed by atoms with Gasteiger partial charge >= 0.3 is 0 Å². The maximum Gasteiger partial charge on any atom is 0.264 e. The molecule has 1 N–H and O–H groups in total. The minimum absolute atomic E-state index is 0.210. The number of pyridine rings is 1. The molecule has 9 nitrogen and oxygen atoms in total. The van der Waals surface area contributed by atoms with Crippen LogP contribution in [0, 0.1) is 23.1 Å². The van der Waals surface area contributed by atoms with Gasteiger partial charge in [0, 0.05) is 67.2 Å². The summed E-state index contributed by atoms with van der Waals surface area (Å²) in [7, 11) is 1.87. The van der Waals surface area contributed by atoms with E-state index in [0.717, 1.165) is 60.4 Å². The summed E-state index contributed by atoms with van der Waals surface area (Å²) in [4.78, 5) is 23.5. The number of nitrogens with zero attached hydrogens (tertiary/aromatic N) is 7. The number of aromatic nitrogens is 4. The Balaban J connectivity index is 1.24. The van der Waals surface area contributed by atoms with E-state index in [9.17, 15) is 10.1 Å². The predicted molar refractivity (Wildman–Crippen MR) is 179 cm³/mol. The van der Waals surface area contributed by atoms with Crippen LogP contribution in [0.4, 0.5) is 15.9 Å². The van der Waals surface area contributed by atoms with Gasteiger partial charge in [-0.15, -0.1) is 10.2 Å². The standard InChI is InChI=1S/C37H35FN8O/c1-21(2)33-18-40-10-11-45(33)19-23-13-28-30(38)8-9-32-35(28)29(14-23)37(47)46(32)34-16-25(15-31(42-34)24-5-6-24)26-7-4-22(17-39)12-27(26)36-43-41-20-44(36)3/h4,7-9,12-16,20-21,24,33,40H,5-6,10-11,18-19H2,1-3H3/t33-/m1/s1. The number of hydrogen-bond donors (Lipinski definition) is 1. The fourth-order valence-electron chi connectivity index (χ4n) is 7.22. The molecule has 1 saturated heterocycles. The first-order valence-corrected chi connectivity index (χ1v) is 16.3. The molecule has 47 heavy (non-hydrogen) atoms. The number of nitriles is 1. The van der Waals surface area contributed by atoms with Gasteiger partial charge in [-0.3, -0.25) is 14.6 Å². The van der Waals surface area contributed by atoms with Gasteiger partial charge in [0.25, 0.3) is 5.91 Å². The van der Waals surface area contributed by atoms with Gasteiger partial charge in [-0.2, -0.15) is 5.26 Å². The van der Waals surface area contributed by atoms with Gasteiger partial charge in [0.2, 0.25) is 0 Å². The molecule has 236 valence electrons. The highest BCUT2D eigenvalue weighted by Gasteiger charge is 2.36. The lowest BCUT2D eigenvalue weighted by atomic mass is 9.96. The molecule has 2 fully saturated rings. The number of rotatable bonds is 7. The smallest absolute Gasteiger partial charge is 0.264 e. The molecule has 0 radical (unpaired) electrons. The number of halogens is 1. The minimum Gasteiger partial charge on any atom is -0.317 e. The third-order valence-corrected chi connectivity index (χ3v) is 9.80. The second-order valence-corrected chi connectivity index (χ2v) is 13.3. The molecule has 0 unspecified atom stereocenters. The first-order valence-electron chi connectivity index (χ1n) is 16.3. The normalized spacial score (nSPS) is 18.0. The Labute approximate surface area is 272 Å². The van der Waals surface area contributed by atoms with Crippen molar-refractivity contribution >= 4 is 28.2 Å². The van der Waals surface area contributed by atoms with E-state index in [2.05, 4.69) is 46.4 Å². The molecule has 3 aromatic carbocycles. The average molecular weight is 627 g/mol. The Hall–Kier alpha value is -4.98. The zero-order valence-corrected chi connectivity index (χ0v) is 26.7. The molecule has 10 heteroatoms. The third-order valence-electron chi connectivity index (χ3n) is 9.80. The van der Waals surface area contributed by atoms with Gasteiger partial charge in [0.15, 0.2) is 5.82 Å². The molecule has 1 amide bonds. The van der Waals surface area contributed by atoms with E-state index in [1.807, 2.05) is 41.9 Å². The Morgan fingerprint density at radius 2 is 1.91 bits per heavy atom. The third kappa shape index (κ3) is 5.07. The molecule has 1 atom stereocenters. The molecule has 0 spiro atoms. The molecule has 0 bridgehead atoms. The van der Waals surface area contributed by atoms with Gasteiger partial charge in [-0.05, 0) is 84.0 Å². The van der Waals surface area contributed by atoms with Crippen LogP contribution in [-0.2, 0) is 13.6 Å². The molecular weight excluding hydrogens is 591 g/mol. The number of nitrogens with one attached hydrogen (secondary N) is 1. The monoisotopic (exact) mass is 626 g/mol. The maximum absolute atomic E-state index is 15.5. The summed E-state index contributed by atoms with van der Waals surface area (Å²) in [6.45, 7) is 7.80. The van der Waals surface area contributed by atoms with E-state index < -0.39 is 0 Å². The van der Waals surface area contributed by atoms with Gasteiger partial charge in [-0.1, -0.05) is 19.9 Å². The Morgan fingerprint density at radius 1 is 1.06 bits per heavy atom. The van der Waals surface area contributed by atoms with Crippen molar-refractivity contribution in [2.45, 2.75) is 45.2 Å². The molecule has 1 saturated carbocycles. The number of hydrogen-bond acceptors (Lipinski definition) is 7. The molecule has 4 heterocycles. The highest BCUT2D eigenvalue weighted by atomic mass is 19.1.